The molecule has 0 aliphatic heterocycles. The highest BCUT2D eigenvalue weighted by molar-refractivity contribution is 5.92. The molecule has 0 unspecified atom stereocenters. The van der Waals surface area contributed by atoms with E-state index in [-0.39, 0.29) is 12.3 Å². The Morgan fingerprint density at radius 1 is 1.46 bits per heavy atom. The van der Waals surface area contributed by atoms with Crippen molar-refractivity contribution in [1.82, 2.24) is 0 Å². The lowest BCUT2D eigenvalue weighted by Gasteiger charge is -2.01. The number of nitrogens with one attached hydrogen (secondary N) is 1. The summed E-state index contributed by atoms with van der Waals surface area (Å²) in [5, 5.41) is 10.8. The summed E-state index contributed by atoms with van der Waals surface area (Å²) in [6, 6.07) is 8.50. The van der Waals surface area contributed by atoms with Crippen LogP contribution in [0.5, 0.6) is 0 Å². The van der Waals surface area contributed by atoms with Crippen LogP contribution >= 0.6 is 0 Å². The van der Waals surface area contributed by atoms with Crippen molar-refractivity contribution in [2.75, 3.05) is 11.1 Å². The first-order valence-electron chi connectivity index (χ1n) is 3.74. The van der Waals surface area contributed by atoms with Crippen molar-refractivity contribution >= 4 is 17.3 Å². The topological polar surface area (TPSA) is 78.9 Å². The number of hydrogen-bond donors (Lipinski definition) is 2. The van der Waals surface area contributed by atoms with E-state index in [9.17, 15) is 4.79 Å². The van der Waals surface area contributed by atoms with Gasteiger partial charge in [-0.2, -0.15) is 5.26 Å². The van der Waals surface area contributed by atoms with Crippen molar-refractivity contribution in [2.45, 2.75) is 6.42 Å². The van der Waals surface area contributed by atoms with Gasteiger partial charge in [-0.3, -0.25) is 4.79 Å². The third kappa shape index (κ3) is 2.83. The maximum atomic E-state index is 10.9. The molecule has 3 N–H and O–H groups in total. The fourth-order valence-electron chi connectivity index (χ4n) is 0.843. The largest absolute Gasteiger partial charge is 0.399 e. The molecule has 1 aromatic carbocycles. The van der Waals surface area contributed by atoms with Crippen LogP contribution in [0.15, 0.2) is 24.3 Å². The van der Waals surface area contributed by atoms with Gasteiger partial charge in [0, 0.05) is 11.4 Å². The number of benzene rings is 1. The summed E-state index contributed by atoms with van der Waals surface area (Å²) in [7, 11) is 0. The van der Waals surface area contributed by atoms with E-state index in [1.165, 1.54) is 0 Å². The van der Waals surface area contributed by atoms with Gasteiger partial charge in [-0.1, -0.05) is 0 Å². The molecule has 0 saturated carbocycles. The minimum Gasteiger partial charge on any atom is -0.399 e. The third-order valence-corrected chi connectivity index (χ3v) is 1.43. The van der Waals surface area contributed by atoms with E-state index in [1.54, 1.807) is 30.3 Å². The molecule has 0 heterocycles. The van der Waals surface area contributed by atoms with Crippen LogP contribution < -0.4 is 11.1 Å². The zero-order chi connectivity index (χ0) is 9.68. The van der Waals surface area contributed by atoms with Gasteiger partial charge < -0.3 is 11.1 Å². The Morgan fingerprint density at radius 3 is 2.62 bits per heavy atom. The monoisotopic (exact) mass is 175 g/mol. The molecule has 0 aliphatic carbocycles. The maximum Gasteiger partial charge on any atom is 0.238 e. The van der Waals surface area contributed by atoms with Crippen LogP contribution in [-0.2, 0) is 4.79 Å². The summed E-state index contributed by atoms with van der Waals surface area (Å²) in [5.74, 6) is -0.313. The van der Waals surface area contributed by atoms with Gasteiger partial charge in [-0.25, -0.2) is 0 Å². The average Bonchev–Trinajstić information content (AvgIpc) is 2.09. The highest BCUT2D eigenvalue weighted by Crippen LogP contribution is 2.10. The Morgan fingerprint density at radius 2 is 2.08 bits per heavy atom. The highest BCUT2D eigenvalue weighted by Gasteiger charge is 1.99. The molecule has 1 rings (SSSR count). The number of anilines is 2. The first-order chi connectivity index (χ1) is 6.22. The number of carbonyl (C=O) groups is 1. The van der Waals surface area contributed by atoms with Gasteiger partial charge in [0.1, 0.15) is 6.42 Å². The number of hydrogen-bond acceptors (Lipinski definition) is 3. The Hall–Kier alpha value is -2.02. The highest BCUT2D eigenvalue weighted by atomic mass is 16.1. The van der Waals surface area contributed by atoms with E-state index in [0.717, 1.165) is 0 Å². The fraction of sp³-hybridized carbons (Fsp3) is 0.111. The Kier molecular flexibility index (Phi) is 2.87. The predicted octanol–water partition coefficient (Wildman–Crippen LogP) is 1.12. The molecule has 66 valence electrons. The lowest BCUT2D eigenvalue weighted by Crippen LogP contribution is -2.09. The van der Waals surface area contributed by atoms with Gasteiger partial charge in [0.2, 0.25) is 5.91 Å². The number of amides is 1. The smallest absolute Gasteiger partial charge is 0.238 e. The number of nitriles is 1. The molecule has 0 spiro atoms. The molecule has 4 heteroatoms. The van der Waals surface area contributed by atoms with Crippen LogP contribution in [0.2, 0.25) is 0 Å². The second-order valence-corrected chi connectivity index (χ2v) is 2.51. The lowest BCUT2D eigenvalue weighted by molar-refractivity contribution is -0.115. The van der Waals surface area contributed by atoms with Crippen LogP contribution in [0.3, 0.4) is 0 Å². The molecule has 0 bridgehead atoms. The van der Waals surface area contributed by atoms with E-state index >= 15 is 0 Å². The van der Waals surface area contributed by atoms with Crippen molar-refractivity contribution in [1.29, 1.82) is 5.26 Å². The van der Waals surface area contributed by atoms with Gasteiger partial charge >= 0.3 is 0 Å². The molecule has 0 fully saturated rings. The second-order valence-electron chi connectivity index (χ2n) is 2.51. The minimum absolute atomic E-state index is 0.135. The van der Waals surface area contributed by atoms with Crippen LogP contribution in [0.25, 0.3) is 0 Å². The van der Waals surface area contributed by atoms with E-state index < -0.39 is 0 Å². The normalized spacial score (nSPS) is 8.85. The van der Waals surface area contributed by atoms with E-state index in [2.05, 4.69) is 5.32 Å². The summed E-state index contributed by atoms with van der Waals surface area (Å²) < 4.78 is 0. The van der Waals surface area contributed by atoms with Crippen LogP contribution in [-0.4, -0.2) is 5.91 Å². The van der Waals surface area contributed by atoms with E-state index in [0.29, 0.717) is 11.4 Å². The Bertz CT molecular complexity index is 337. The quantitative estimate of drug-likeness (QED) is 0.661. The molecule has 13 heavy (non-hydrogen) atoms. The summed E-state index contributed by atoms with van der Waals surface area (Å²) in [5.41, 5.74) is 6.74. The molecule has 1 aromatic rings. The molecular formula is C9H9N3O. The fourth-order valence-corrected chi connectivity index (χ4v) is 0.843. The van der Waals surface area contributed by atoms with Gasteiger partial charge in [0.05, 0.1) is 6.07 Å². The minimum atomic E-state index is -0.313. The maximum absolute atomic E-state index is 10.9. The number of carbonyl (C=O) groups excluding carboxylic acids is 1. The summed E-state index contributed by atoms with van der Waals surface area (Å²) in [6.07, 6.45) is -0.135. The van der Waals surface area contributed by atoms with Crippen LogP contribution in [0.1, 0.15) is 6.42 Å². The van der Waals surface area contributed by atoms with Gasteiger partial charge in [-0.15, -0.1) is 0 Å². The molecule has 1 amide bonds. The summed E-state index contributed by atoms with van der Waals surface area (Å²) in [4.78, 5) is 10.9. The molecule has 0 saturated heterocycles. The van der Waals surface area contributed by atoms with E-state index in [1.807, 2.05) is 0 Å². The zero-order valence-electron chi connectivity index (χ0n) is 6.95. The Balaban J connectivity index is 2.60. The first-order valence-corrected chi connectivity index (χ1v) is 3.74. The number of nitrogens with two attached hydrogens (primary N) is 1. The van der Waals surface area contributed by atoms with Gasteiger partial charge in [0.15, 0.2) is 0 Å². The van der Waals surface area contributed by atoms with Crippen molar-refractivity contribution < 1.29 is 4.79 Å². The summed E-state index contributed by atoms with van der Waals surface area (Å²) >= 11 is 0. The molecule has 0 aliphatic rings. The SMILES string of the molecule is N#CCC(=O)Nc1ccc(N)cc1. The zero-order valence-corrected chi connectivity index (χ0v) is 6.95. The first kappa shape index (κ1) is 9.07. The predicted molar refractivity (Wildman–Crippen MR) is 49.7 cm³/mol. The number of nitrogens with zero attached hydrogens (tertiary/aromatic N) is 1. The number of rotatable bonds is 2. The van der Waals surface area contributed by atoms with E-state index in [4.69, 9.17) is 11.0 Å². The summed E-state index contributed by atoms with van der Waals surface area (Å²) in [6.45, 7) is 0. The average molecular weight is 175 g/mol. The molecular weight excluding hydrogens is 166 g/mol. The standard InChI is InChI=1S/C9H9N3O/c10-6-5-9(13)12-8-3-1-7(11)2-4-8/h1-4H,5,11H2,(H,12,13). The van der Waals surface area contributed by atoms with Crippen molar-refractivity contribution in [3.05, 3.63) is 24.3 Å². The van der Waals surface area contributed by atoms with Crippen molar-refractivity contribution in [2.24, 2.45) is 0 Å². The third-order valence-electron chi connectivity index (χ3n) is 1.43. The molecule has 0 atom stereocenters. The second kappa shape index (κ2) is 4.12. The van der Waals surface area contributed by atoms with Gasteiger partial charge in [0.25, 0.3) is 0 Å². The van der Waals surface area contributed by atoms with Crippen molar-refractivity contribution in [3.63, 3.8) is 0 Å². The molecule has 0 radical (unpaired) electrons. The lowest BCUT2D eigenvalue weighted by atomic mass is 10.3. The van der Waals surface area contributed by atoms with Crippen LogP contribution in [0.4, 0.5) is 11.4 Å². The molecule has 0 aromatic heterocycles. The van der Waals surface area contributed by atoms with Crippen LogP contribution in [0, 0.1) is 11.3 Å². The van der Waals surface area contributed by atoms with Gasteiger partial charge in [-0.05, 0) is 24.3 Å². The molecule has 4 nitrogen and oxygen atoms in total. The number of nitrogen functional groups attached to an aromatic ring is 1. The van der Waals surface area contributed by atoms with Crippen molar-refractivity contribution in [3.8, 4) is 6.07 Å². The Labute approximate surface area is 76.0 Å².